The van der Waals surface area contributed by atoms with Gasteiger partial charge in [-0.15, -0.1) is 0 Å². The van der Waals surface area contributed by atoms with Gasteiger partial charge in [0, 0.05) is 0 Å². The van der Waals surface area contributed by atoms with Gasteiger partial charge in [0.05, 0.1) is 39.6 Å². The maximum Gasteiger partial charge on any atom is 0.104 e. The molecule has 0 saturated carbocycles. The molecule has 0 heterocycles. The van der Waals surface area contributed by atoms with Crippen LogP contribution in [0.3, 0.4) is 0 Å². The molecule has 5 nitrogen and oxygen atoms in total. The number of rotatable bonds is 12. The molecule has 2 aromatic rings. The molecule has 2 N–H and O–H groups in total. The quantitative estimate of drug-likeness (QED) is 0.616. The van der Waals surface area contributed by atoms with Crippen molar-refractivity contribution in [1.82, 2.24) is 0 Å². The van der Waals surface area contributed by atoms with Crippen molar-refractivity contribution >= 4 is 0 Å². The topological polar surface area (TPSA) is 68.2 Å². The van der Waals surface area contributed by atoms with Gasteiger partial charge >= 0.3 is 0 Å². The largest absolute Gasteiger partial charge is 0.394 e. The maximum atomic E-state index is 9.39. The summed E-state index contributed by atoms with van der Waals surface area (Å²) in [6.07, 6.45) is -0.817. The molecule has 0 aliphatic carbocycles. The van der Waals surface area contributed by atoms with Gasteiger partial charge in [-0.05, 0) is 11.1 Å². The second-order valence-corrected chi connectivity index (χ2v) is 5.74. The van der Waals surface area contributed by atoms with Crippen molar-refractivity contribution in [3.05, 3.63) is 71.8 Å². The van der Waals surface area contributed by atoms with Gasteiger partial charge in [-0.3, -0.25) is 0 Å². The summed E-state index contributed by atoms with van der Waals surface area (Å²) in [4.78, 5) is 0. The third-order valence-corrected chi connectivity index (χ3v) is 3.67. The van der Waals surface area contributed by atoms with Crippen molar-refractivity contribution in [2.24, 2.45) is 0 Å². The Morgan fingerprint density at radius 1 is 0.640 bits per heavy atom. The number of hydrogen-bond donors (Lipinski definition) is 2. The molecule has 25 heavy (non-hydrogen) atoms. The van der Waals surface area contributed by atoms with Crippen LogP contribution in [0.25, 0.3) is 0 Å². The van der Waals surface area contributed by atoms with E-state index in [0.717, 1.165) is 11.1 Å². The summed E-state index contributed by atoms with van der Waals surface area (Å²) in [7, 11) is 0. The van der Waals surface area contributed by atoms with Gasteiger partial charge in [-0.2, -0.15) is 0 Å². The van der Waals surface area contributed by atoms with Crippen LogP contribution in [0.4, 0.5) is 0 Å². The third-order valence-electron chi connectivity index (χ3n) is 3.67. The van der Waals surface area contributed by atoms with Crippen LogP contribution in [-0.4, -0.2) is 48.8 Å². The molecule has 5 heteroatoms. The fourth-order valence-corrected chi connectivity index (χ4v) is 2.21. The first-order chi connectivity index (χ1) is 12.3. The van der Waals surface area contributed by atoms with E-state index < -0.39 is 12.2 Å². The molecule has 0 aromatic heterocycles. The molecule has 0 aliphatic heterocycles. The zero-order valence-corrected chi connectivity index (χ0v) is 14.3. The Morgan fingerprint density at radius 2 is 1.04 bits per heavy atom. The fourth-order valence-electron chi connectivity index (χ4n) is 2.21. The van der Waals surface area contributed by atoms with Crippen molar-refractivity contribution in [2.45, 2.75) is 25.4 Å². The van der Waals surface area contributed by atoms with Gasteiger partial charge in [0.15, 0.2) is 0 Å². The number of aliphatic hydroxyl groups is 2. The Bertz CT molecular complexity index is 509. The van der Waals surface area contributed by atoms with E-state index in [0.29, 0.717) is 13.2 Å². The predicted octanol–water partition coefficient (Wildman–Crippen LogP) is 2.16. The Morgan fingerprint density at radius 3 is 1.40 bits per heavy atom. The average Bonchev–Trinajstić information content (AvgIpc) is 2.68. The maximum absolute atomic E-state index is 9.39. The predicted molar refractivity (Wildman–Crippen MR) is 95.0 cm³/mol. The van der Waals surface area contributed by atoms with E-state index >= 15 is 0 Å². The van der Waals surface area contributed by atoms with E-state index in [2.05, 4.69) is 0 Å². The van der Waals surface area contributed by atoms with Crippen LogP contribution in [0.5, 0.6) is 0 Å². The molecule has 2 rings (SSSR count). The standard InChI is InChI=1S/C20H26O5/c21-11-19(24-13-17-7-3-1-4-8-17)15-23-16-20(12-22)25-14-18-9-5-2-6-10-18/h1-10,19-22H,11-16H2. The number of benzene rings is 2. The molecule has 0 spiro atoms. The highest BCUT2D eigenvalue weighted by molar-refractivity contribution is 5.14. The van der Waals surface area contributed by atoms with Crippen molar-refractivity contribution in [3.8, 4) is 0 Å². The first-order valence-corrected chi connectivity index (χ1v) is 8.42. The van der Waals surface area contributed by atoms with Gasteiger partial charge in [-0.25, -0.2) is 0 Å². The second-order valence-electron chi connectivity index (χ2n) is 5.74. The summed E-state index contributed by atoms with van der Waals surface area (Å²) in [5.74, 6) is 0. The van der Waals surface area contributed by atoms with E-state index in [1.54, 1.807) is 0 Å². The molecule has 0 fully saturated rings. The lowest BCUT2D eigenvalue weighted by Crippen LogP contribution is -2.29. The van der Waals surface area contributed by atoms with E-state index in [9.17, 15) is 10.2 Å². The van der Waals surface area contributed by atoms with Gasteiger partial charge in [0.1, 0.15) is 12.2 Å². The minimum atomic E-state index is -0.409. The summed E-state index contributed by atoms with van der Waals surface area (Å²) in [6.45, 7) is 1.08. The molecule has 0 aliphatic rings. The smallest absolute Gasteiger partial charge is 0.104 e. The summed E-state index contributed by atoms with van der Waals surface area (Å²) in [6, 6.07) is 19.5. The van der Waals surface area contributed by atoms with Gasteiger partial charge < -0.3 is 24.4 Å². The molecule has 0 amide bonds. The first kappa shape index (κ1) is 19.6. The Balaban J connectivity index is 1.65. The van der Waals surface area contributed by atoms with Crippen LogP contribution in [0.2, 0.25) is 0 Å². The summed E-state index contributed by atoms with van der Waals surface area (Å²) >= 11 is 0. The van der Waals surface area contributed by atoms with E-state index in [1.165, 1.54) is 0 Å². The Labute approximate surface area is 148 Å². The first-order valence-electron chi connectivity index (χ1n) is 8.42. The normalized spacial score (nSPS) is 13.5. The molecule has 0 bridgehead atoms. The van der Waals surface area contributed by atoms with Crippen LogP contribution >= 0.6 is 0 Å². The van der Waals surface area contributed by atoms with Gasteiger partial charge in [0.2, 0.25) is 0 Å². The zero-order chi connectivity index (χ0) is 17.7. The minimum absolute atomic E-state index is 0.124. The SMILES string of the molecule is OCC(COCC(CO)OCc1ccccc1)OCc1ccccc1. The molecule has 2 aromatic carbocycles. The summed E-state index contributed by atoms with van der Waals surface area (Å²) in [5.41, 5.74) is 2.08. The van der Waals surface area contributed by atoms with Crippen LogP contribution < -0.4 is 0 Å². The van der Waals surface area contributed by atoms with E-state index in [4.69, 9.17) is 14.2 Å². The highest BCUT2D eigenvalue weighted by atomic mass is 16.6. The number of ether oxygens (including phenoxy) is 3. The van der Waals surface area contributed by atoms with E-state index in [-0.39, 0.29) is 26.4 Å². The monoisotopic (exact) mass is 346 g/mol. The lowest BCUT2D eigenvalue weighted by atomic mass is 10.2. The fraction of sp³-hybridized carbons (Fsp3) is 0.400. The van der Waals surface area contributed by atoms with Crippen LogP contribution in [0.15, 0.2) is 60.7 Å². The number of hydrogen-bond acceptors (Lipinski definition) is 5. The highest BCUT2D eigenvalue weighted by Crippen LogP contribution is 2.06. The second kappa shape index (κ2) is 11.7. The Hall–Kier alpha value is -1.76. The third kappa shape index (κ3) is 7.77. The molecular weight excluding hydrogens is 320 g/mol. The van der Waals surface area contributed by atoms with Crippen LogP contribution in [-0.2, 0) is 27.4 Å². The molecule has 136 valence electrons. The van der Waals surface area contributed by atoms with Crippen molar-refractivity contribution < 1.29 is 24.4 Å². The zero-order valence-electron chi connectivity index (χ0n) is 14.3. The Kier molecular flexibility index (Phi) is 9.18. The number of aliphatic hydroxyl groups excluding tert-OH is 2. The molecule has 2 unspecified atom stereocenters. The molecule has 2 atom stereocenters. The molecular formula is C20H26O5. The van der Waals surface area contributed by atoms with Gasteiger partial charge in [-0.1, -0.05) is 60.7 Å². The van der Waals surface area contributed by atoms with Crippen molar-refractivity contribution in [3.63, 3.8) is 0 Å². The molecule has 0 radical (unpaired) electrons. The van der Waals surface area contributed by atoms with Crippen LogP contribution in [0, 0.1) is 0 Å². The lowest BCUT2D eigenvalue weighted by molar-refractivity contribution is -0.0876. The van der Waals surface area contributed by atoms with Crippen molar-refractivity contribution in [2.75, 3.05) is 26.4 Å². The van der Waals surface area contributed by atoms with E-state index in [1.807, 2.05) is 60.7 Å². The minimum Gasteiger partial charge on any atom is -0.394 e. The summed E-state index contributed by atoms with van der Waals surface area (Å²) < 4.78 is 16.8. The van der Waals surface area contributed by atoms with Crippen molar-refractivity contribution in [1.29, 1.82) is 0 Å². The highest BCUT2D eigenvalue weighted by Gasteiger charge is 2.12. The lowest BCUT2D eigenvalue weighted by Gasteiger charge is -2.19. The van der Waals surface area contributed by atoms with Crippen LogP contribution in [0.1, 0.15) is 11.1 Å². The average molecular weight is 346 g/mol. The summed E-state index contributed by atoms with van der Waals surface area (Å²) in [5, 5.41) is 18.8. The van der Waals surface area contributed by atoms with Gasteiger partial charge in [0.25, 0.3) is 0 Å². The molecule has 0 saturated heterocycles.